The van der Waals surface area contributed by atoms with Gasteiger partial charge in [0.2, 0.25) is 5.91 Å². The predicted octanol–water partition coefficient (Wildman–Crippen LogP) is 1.09. The highest BCUT2D eigenvalue weighted by atomic mass is 16.4. The molecule has 2 aliphatic heterocycles. The molecule has 0 aromatic carbocycles. The fourth-order valence-electron chi connectivity index (χ4n) is 3.06. The number of nitrogens with one attached hydrogen (secondary N) is 1. The van der Waals surface area contributed by atoms with E-state index in [1.807, 2.05) is 0 Å². The lowest BCUT2D eigenvalue weighted by Crippen LogP contribution is -2.42. The van der Waals surface area contributed by atoms with E-state index in [1.165, 1.54) is 12.8 Å². The number of hydrogen-bond donors (Lipinski definition) is 2. The third-order valence-electron chi connectivity index (χ3n) is 4.29. The van der Waals surface area contributed by atoms with Gasteiger partial charge >= 0.3 is 5.97 Å². The maximum atomic E-state index is 12.1. The Balaban J connectivity index is 1.74. The molecule has 2 unspecified atom stereocenters. The normalized spacial score (nSPS) is 28.1. The number of nitrogens with zero attached hydrogens (tertiary/aromatic N) is 1. The van der Waals surface area contributed by atoms with Crippen LogP contribution in [0.1, 0.15) is 38.5 Å². The molecule has 2 fully saturated rings. The lowest BCUT2D eigenvalue weighted by molar-refractivity contribution is -0.145. The monoisotopic (exact) mass is 268 g/mol. The highest BCUT2D eigenvalue weighted by molar-refractivity contribution is 5.78. The Morgan fingerprint density at radius 1 is 1.26 bits per heavy atom. The van der Waals surface area contributed by atoms with Gasteiger partial charge in [0.1, 0.15) is 0 Å². The Hall–Kier alpha value is -1.10. The first kappa shape index (κ1) is 14.3. The average molecular weight is 268 g/mol. The molecule has 2 aliphatic rings. The standard InChI is InChI=1S/C14H24N2O3/c17-13(6-5-11-3-1-7-15-9-11)16-8-2-4-12(10-16)14(18)19/h11-12,15H,1-10H2,(H,18,19). The molecule has 2 rings (SSSR count). The molecule has 5 nitrogen and oxygen atoms in total. The summed E-state index contributed by atoms with van der Waals surface area (Å²) in [6.07, 6.45) is 5.42. The molecule has 0 aromatic heterocycles. The van der Waals surface area contributed by atoms with Gasteiger partial charge < -0.3 is 15.3 Å². The van der Waals surface area contributed by atoms with Crippen molar-refractivity contribution in [2.24, 2.45) is 11.8 Å². The van der Waals surface area contributed by atoms with Crippen molar-refractivity contribution in [3.63, 3.8) is 0 Å². The van der Waals surface area contributed by atoms with Gasteiger partial charge in [-0.25, -0.2) is 0 Å². The Kier molecular flexibility index (Phi) is 5.19. The molecule has 1 amide bonds. The summed E-state index contributed by atoms with van der Waals surface area (Å²) in [6.45, 7) is 3.24. The fourth-order valence-corrected chi connectivity index (χ4v) is 3.06. The lowest BCUT2D eigenvalue weighted by atomic mass is 9.93. The molecule has 0 bridgehead atoms. The van der Waals surface area contributed by atoms with Gasteiger partial charge in [-0.1, -0.05) is 0 Å². The van der Waals surface area contributed by atoms with Crippen molar-refractivity contribution in [2.75, 3.05) is 26.2 Å². The van der Waals surface area contributed by atoms with Crippen LogP contribution in [0.2, 0.25) is 0 Å². The van der Waals surface area contributed by atoms with Gasteiger partial charge in [-0.05, 0) is 51.1 Å². The second-order valence-electron chi connectivity index (χ2n) is 5.77. The summed E-state index contributed by atoms with van der Waals surface area (Å²) in [7, 11) is 0. The number of piperidine rings is 2. The third kappa shape index (κ3) is 4.20. The van der Waals surface area contributed by atoms with E-state index in [-0.39, 0.29) is 11.8 Å². The zero-order valence-electron chi connectivity index (χ0n) is 11.4. The first-order valence-corrected chi connectivity index (χ1v) is 7.38. The third-order valence-corrected chi connectivity index (χ3v) is 4.29. The molecule has 0 aliphatic carbocycles. The number of rotatable bonds is 4. The van der Waals surface area contributed by atoms with Gasteiger partial charge in [-0.2, -0.15) is 0 Å². The lowest BCUT2D eigenvalue weighted by Gasteiger charge is -2.31. The Morgan fingerprint density at radius 3 is 2.79 bits per heavy atom. The van der Waals surface area contributed by atoms with Crippen LogP contribution in [0.3, 0.4) is 0 Å². The SMILES string of the molecule is O=C(O)C1CCCN(C(=O)CCC2CCCNC2)C1. The number of amides is 1. The first-order chi connectivity index (χ1) is 9.16. The number of carboxylic acids is 1. The molecule has 0 aromatic rings. The largest absolute Gasteiger partial charge is 0.481 e. The Morgan fingerprint density at radius 2 is 2.11 bits per heavy atom. The predicted molar refractivity (Wildman–Crippen MR) is 71.8 cm³/mol. The van der Waals surface area contributed by atoms with E-state index in [0.29, 0.717) is 25.3 Å². The van der Waals surface area contributed by atoms with Gasteiger partial charge in [-0.3, -0.25) is 9.59 Å². The molecule has 19 heavy (non-hydrogen) atoms. The minimum atomic E-state index is -0.769. The number of carboxylic acid groups (broad SMARTS) is 1. The zero-order chi connectivity index (χ0) is 13.7. The van der Waals surface area contributed by atoms with E-state index in [0.717, 1.165) is 32.5 Å². The van der Waals surface area contributed by atoms with Crippen LogP contribution in [0.15, 0.2) is 0 Å². The molecule has 108 valence electrons. The van der Waals surface area contributed by atoms with Crippen LogP contribution < -0.4 is 5.32 Å². The minimum Gasteiger partial charge on any atom is -0.481 e. The van der Waals surface area contributed by atoms with E-state index in [1.54, 1.807) is 4.90 Å². The van der Waals surface area contributed by atoms with Crippen LogP contribution in [-0.4, -0.2) is 48.1 Å². The van der Waals surface area contributed by atoms with Gasteiger partial charge in [-0.15, -0.1) is 0 Å². The molecular weight excluding hydrogens is 244 g/mol. The van der Waals surface area contributed by atoms with Crippen molar-refractivity contribution < 1.29 is 14.7 Å². The summed E-state index contributed by atoms with van der Waals surface area (Å²) >= 11 is 0. The molecule has 2 N–H and O–H groups in total. The van der Waals surface area contributed by atoms with Crippen LogP contribution in [-0.2, 0) is 9.59 Å². The second kappa shape index (κ2) is 6.89. The quantitative estimate of drug-likeness (QED) is 0.801. The van der Waals surface area contributed by atoms with Gasteiger partial charge in [0.15, 0.2) is 0 Å². The van der Waals surface area contributed by atoms with Crippen LogP contribution in [0.5, 0.6) is 0 Å². The molecule has 0 saturated carbocycles. The highest BCUT2D eigenvalue weighted by Gasteiger charge is 2.28. The van der Waals surface area contributed by atoms with Gasteiger partial charge in [0, 0.05) is 19.5 Å². The van der Waals surface area contributed by atoms with E-state index in [9.17, 15) is 9.59 Å². The topological polar surface area (TPSA) is 69.6 Å². The number of likely N-dealkylation sites (tertiary alicyclic amines) is 1. The van der Waals surface area contributed by atoms with Crippen molar-refractivity contribution in [2.45, 2.75) is 38.5 Å². The van der Waals surface area contributed by atoms with Crippen LogP contribution in [0, 0.1) is 11.8 Å². The number of hydrogen-bond acceptors (Lipinski definition) is 3. The van der Waals surface area contributed by atoms with E-state index < -0.39 is 5.97 Å². The number of carbonyl (C=O) groups is 2. The summed E-state index contributed by atoms with van der Waals surface area (Å²) in [5.41, 5.74) is 0. The van der Waals surface area contributed by atoms with Crippen molar-refractivity contribution in [1.82, 2.24) is 10.2 Å². The number of aliphatic carboxylic acids is 1. The van der Waals surface area contributed by atoms with Gasteiger partial charge in [0.25, 0.3) is 0 Å². The molecule has 2 saturated heterocycles. The molecule has 5 heteroatoms. The maximum Gasteiger partial charge on any atom is 0.308 e. The van der Waals surface area contributed by atoms with Crippen LogP contribution in [0.4, 0.5) is 0 Å². The van der Waals surface area contributed by atoms with E-state index in [2.05, 4.69) is 5.32 Å². The summed E-state index contributed by atoms with van der Waals surface area (Å²) in [4.78, 5) is 24.9. The average Bonchev–Trinajstić information content (AvgIpc) is 2.46. The van der Waals surface area contributed by atoms with Crippen LogP contribution in [0.25, 0.3) is 0 Å². The summed E-state index contributed by atoms with van der Waals surface area (Å²) in [5.74, 6) is -0.391. The van der Waals surface area contributed by atoms with Crippen molar-refractivity contribution in [3.05, 3.63) is 0 Å². The molecule has 0 radical (unpaired) electrons. The molecule has 2 heterocycles. The Labute approximate surface area is 114 Å². The minimum absolute atomic E-state index is 0.136. The van der Waals surface area contributed by atoms with Crippen LogP contribution >= 0.6 is 0 Å². The zero-order valence-corrected chi connectivity index (χ0v) is 11.4. The summed E-state index contributed by atoms with van der Waals surface area (Å²) in [5, 5.41) is 12.4. The van der Waals surface area contributed by atoms with E-state index >= 15 is 0 Å². The smallest absolute Gasteiger partial charge is 0.308 e. The Bertz CT molecular complexity index is 327. The highest BCUT2D eigenvalue weighted by Crippen LogP contribution is 2.20. The summed E-state index contributed by atoms with van der Waals surface area (Å²) in [6, 6.07) is 0. The molecular formula is C14H24N2O3. The summed E-state index contributed by atoms with van der Waals surface area (Å²) < 4.78 is 0. The van der Waals surface area contributed by atoms with E-state index in [4.69, 9.17) is 5.11 Å². The fraction of sp³-hybridized carbons (Fsp3) is 0.857. The van der Waals surface area contributed by atoms with Crippen molar-refractivity contribution in [1.29, 1.82) is 0 Å². The van der Waals surface area contributed by atoms with Gasteiger partial charge in [0.05, 0.1) is 5.92 Å². The molecule has 0 spiro atoms. The second-order valence-corrected chi connectivity index (χ2v) is 5.77. The number of carbonyl (C=O) groups excluding carboxylic acids is 1. The van der Waals surface area contributed by atoms with Crippen molar-refractivity contribution in [3.8, 4) is 0 Å². The first-order valence-electron chi connectivity index (χ1n) is 7.38. The molecule has 2 atom stereocenters. The maximum absolute atomic E-state index is 12.1. The van der Waals surface area contributed by atoms with Crippen molar-refractivity contribution >= 4 is 11.9 Å².